The highest BCUT2D eigenvalue weighted by molar-refractivity contribution is 5.69. The molecule has 0 aromatic rings. The first-order valence-corrected chi connectivity index (χ1v) is 30.6. The summed E-state index contributed by atoms with van der Waals surface area (Å²) in [5.41, 5.74) is 0. The van der Waals surface area contributed by atoms with E-state index in [-0.39, 0.29) is 5.97 Å². The predicted molar refractivity (Wildman–Crippen MR) is 294 cm³/mol. The molecule has 0 heterocycles. The molecular weight excluding hydrogens is 809 g/mol. The average Bonchev–Trinajstić information content (AvgIpc) is 3.31. The third-order valence-corrected chi connectivity index (χ3v) is 13.9. The number of carboxylic acid groups (broad SMARTS) is 1. The summed E-state index contributed by atoms with van der Waals surface area (Å²) in [4.78, 5) is 22.3. The Morgan fingerprint density at radius 2 is 0.500 bits per heavy atom. The van der Waals surface area contributed by atoms with E-state index in [0.717, 1.165) is 32.1 Å². The van der Waals surface area contributed by atoms with E-state index in [1.54, 1.807) is 0 Å². The molecule has 1 N–H and O–H groups in total. The van der Waals surface area contributed by atoms with Gasteiger partial charge in [0.1, 0.15) is 0 Å². The number of hydrogen-bond donors (Lipinski definition) is 1. The molecule has 0 saturated heterocycles. The number of carboxylic acids is 1. The van der Waals surface area contributed by atoms with Gasteiger partial charge in [-0.3, -0.25) is 9.59 Å². The number of carbonyl (C=O) groups excluding carboxylic acids is 1. The van der Waals surface area contributed by atoms with Crippen LogP contribution in [0.4, 0.5) is 0 Å². The standard InChI is InChI=1S/C40H78O2.C22H44O2/c1-3-5-7-9-11-13-15-17-19-20-21-22-23-25-27-29-31-33-35-37-39-42-40(41)38-36-34-32-30-28-26-24-18-16-14-12-10-8-6-4-2;1-2-3-4-5-6-7-8-9-10-11-12-13-14-15-16-17-18-19-20-21-22(23)24/h18,24H,3-17,19-23,25-39H2,1-2H3;2-21H2,1H3,(H,23,24)/b24-18-;. The maximum atomic E-state index is 11.9. The second kappa shape index (κ2) is 63.7. The number of esters is 1. The molecule has 0 rings (SSSR count). The van der Waals surface area contributed by atoms with Crippen LogP contribution in [0.25, 0.3) is 0 Å². The molecule has 0 atom stereocenters. The van der Waals surface area contributed by atoms with Gasteiger partial charge in [-0.15, -0.1) is 0 Å². The van der Waals surface area contributed by atoms with E-state index < -0.39 is 5.97 Å². The van der Waals surface area contributed by atoms with Crippen molar-refractivity contribution < 1.29 is 19.4 Å². The summed E-state index contributed by atoms with van der Waals surface area (Å²) in [7, 11) is 0. The average molecular weight is 932 g/mol. The van der Waals surface area contributed by atoms with Crippen molar-refractivity contribution in [1.82, 2.24) is 0 Å². The smallest absolute Gasteiger partial charge is 0.305 e. The monoisotopic (exact) mass is 931 g/mol. The Bertz CT molecular complexity index is 913. The van der Waals surface area contributed by atoms with Gasteiger partial charge in [0.15, 0.2) is 0 Å². The lowest BCUT2D eigenvalue weighted by Crippen LogP contribution is -2.05. The molecule has 0 bridgehead atoms. The third kappa shape index (κ3) is 67.0. The Balaban J connectivity index is 0. The van der Waals surface area contributed by atoms with Gasteiger partial charge in [0, 0.05) is 12.8 Å². The number of rotatable bonds is 56. The molecule has 0 amide bonds. The van der Waals surface area contributed by atoms with Gasteiger partial charge >= 0.3 is 11.9 Å². The molecule has 0 spiro atoms. The van der Waals surface area contributed by atoms with E-state index in [1.165, 1.54) is 302 Å². The quantitative estimate of drug-likeness (QED) is 0.0375. The van der Waals surface area contributed by atoms with Crippen LogP contribution in [0.2, 0.25) is 0 Å². The molecule has 0 fully saturated rings. The molecule has 0 aliphatic rings. The number of aliphatic carboxylic acids is 1. The van der Waals surface area contributed by atoms with E-state index >= 15 is 0 Å². The Labute approximate surface area is 416 Å². The molecule has 4 nitrogen and oxygen atoms in total. The van der Waals surface area contributed by atoms with Crippen LogP contribution in [-0.4, -0.2) is 23.7 Å². The molecule has 394 valence electrons. The SMILES string of the molecule is CCCCCCCC/C=C\CCCCCCCC(=O)OCCCCCCCCCCCCCCCCCCCCCC.CCCCCCCCCCCCCCCCCCCCCC(=O)O. The molecule has 0 radical (unpaired) electrons. The maximum absolute atomic E-state index is 11.9. The van der Waals surface area contributed by atoms with Gasteiger partial charge in [0.2, 0.25) is 0 Å². The van der Waals surface area contributed by atoms with Crippen molar-refractivity contribution in [2.75, 3.05) is 6.61 Å². The first-order chi connectivity index (χ1) is 32.6. The summed E-state index contributed by atoms with van der Waals surface area (Å²) in [6, 6.07) is 0. The molecule has 0 aliphatic heterocycles. The van der Waals surface area contributed by atoms with Gasteiger partial charge in [-0.25, -0.2) is 0 Å². The van der Waals surface area contributed by atoms with Crippen molar-refractivity contribution in [2.24, 2.45) is 0 Å². The number of unbranched alkanes of at least 4 members (excludes halogenated alkanes) is 48. The van der Waals surface area contributed by atoms with Crippen molar-refractivity contribution >= 4 is 11.9 Å². The largest absolute Gasteiger partial charge is 0.481 e. The first kappa shape index (κ1) is 66.8. The van der Waals surface area contributed by atoms with Gasteiger partial charge in [-0.2, -0.15) is 0 Å². The Hall–Kier alpha value is -1.32. The van der Waals surface area contributed by atoms with Gasteiger partial charge in [-0.05, 0) is 44.9 Å². The number of ether oxygens (including phenoxy) is 1. The highest BCUT2D eigenvalue weighted by Crippen LogP contribution is 2.17. The number of allylic oxidation sites excluding steroid dienone is 2. The first-order valence-electron chi connectivity index (χ1n) is 30.6. The summed E-state index contributed by atoms with van der Waals surface area (Å²) in [6.45, 7) is 7.49. The molecule has 0 saturated carbocycles. The Kier molecular flexibility index (Phi) is 64.4. The van der Waals surface area contributed by atoms with Gasteiger partial charge in [0.05, 0.1) is 6.61 Å². The van der Waals surface area contributed by atoms with Crippen LogP contribution >= 0.6 is 0 Å². The second-order valence-electron chi connectivity index (χ2n) is 20.8. The van der Waals surface area contributed by atoms with E-state index in [1.807, 2.05) is 0 Å². The normalized spacial score (nSPS) is 11.4. The lowest BCUT2D eigenvalue weighted by Gasteiger charge is -2.06. The van der Waals surface area contributed by atoms with Crippen molar-refractivity contribution in [3.8, 4) is 0 Å². The minimum Gasteiger partial charge on any atom is -0.481 e. The predicted octanol–water partition coefficient (Wildman–Crippen LogP) is 22.3. The van der Waals surface area contributed by atoms with Crippen LogP contribution in [-0.2, 0) is 14.3 Å². The topological polar surface area (TPSA) is 63.6 Å². The van der Waals surface area contributed by atoms with E-state index in [2.05, 4.69) is 32.9 Å². The molecule has 0 aromatic carbocycles. The summed E-state index contributed by atoms with van der Waals surface area (Å²) in [5.74, 6) is -0.632. The zero-order valence-electron chi connectivity index (χ0n) is 45.7. The highest BCUT2D eigenvalue weighted by atomic mass is 16.5. The lowest BCUT2D eigenvalue weighted by atomic mass is 10.0. The molecule has 0 aliphatic carbocycles. The van der Waals surface area contributed by atoms with Crippen LogP contribution < -0.4 is 0 Å². The molecular formula is C62H122O4. The van der Waals surface area contributed by atoms with Gasteiger partial charge in [-0.1, -0.05) is 322 Å². The van der Waals surface area contributed by atoms with Crippen molar-refractivity contribution in [3.05, 3.63) is 12.2 Å². The molecule has 0 aromatic heterocycles. The summed E-state index contributed by atoms with van der Waals surface area (Å²) in [5, 5.41) is 8.56. The lowest BCUT2D eigenvalue weighted by molar-refractivity contribution is -0.144. The van der Waals surface area contributed by atoms with Crippen LogP contribution in [0, 0.1) is 0 Å². The zero-order valence-corrected chi connectivity index (χ0v) is 45.7. The van der Waals surface area contributed by atoms with E-state index in [9.17, 15) is 9.59 Å². The van der Waals surface area contributed by atoms with Crippen LogP contribution in [0.1, 0.15) is 367 Å². The van der Waals surface area contributed by atoms with Gasteiger partial charge < -0.3 is 9.84 Å². The number of hydrogen-bond acceptors (Lipinski definition) is 3. The summed E-state index contributed by atoms with van der Waals surface area (Å²) in [6.07, 6.45) is 76.1. The van der Waals surface area contributed by atoms with Crippen LogP contribution in [0.15, 0.2) is 12.2 Å². The van der Waals surface area contributed by atoms with Crippen molar-refractivity contribution in [3.63, 3.8) is 0 Å². The zero-order chi connectivity index (χ0) is 48.2. The van der Waals surface area contributed by atoms with Crippen LogP contribution in [0.5, 0.6) is 0 Å². The minimum absolute atomic E-state index is 0.0189. The maximum Gasteiger partial charge on any atom is 0.305 e. The Morgan fingerprint density at radius 3 is 0.758 bits per heavy atom. The fraction of sp³-hybridized carbons (Fsp3) is 0.935. The third-order valence-electron chi connectivity index (χ3n) is 13.9. The molecule has 4 heteroatoms. The fourth-order valence-electron chi connectivity index (χ4n) is 9.31. The van der Waals surface area contributed by atoms with Crippen molar-refractivity contribution in [2.45, 2.75) is 367 Å². The van der Waals surface area contributed by atoms with E-state index in [4.69, 9.17) is 9.84 Å². The van der Waals surface area contributed by atoms with Gasteiger partial charge in [0.25, 0.3) is 0 Å². The van der Waals surface area contributed by atoms with Crippen LogP contribution in [0.3, 0.4) is 0 Å². The summed E-state index contributed by atoms with van der Waals surface area (Å²) >= 11 is 0. The molecule has 66 heavy (non-hydrogen) atoms. The van der Waals surface area contributed by atoms with Crippen molar-refractivity contribution in [1.29, 1.82) is 0 Å². The Morgan fingerprint density at radius 1 is 0.288 bits per heavy atom. The summed E-state index contributed by atoms with van der Waals surface area (Å²) < 4.78 is 5.45. The molecule has 0 unspecified atom stereocenters. The van der Waals surface area contributed by atoms with E-state index in [0.29, 0.717) is 19.4 Å². The highest BCUT2D eigenvalue weighted by Gasteiger charge is 2.03. The number of carbonyl (C=O) groups is 2. The second-order valence-corrected chi connectivity index (χ2v) is 20.8. The minimum atomic E-state index is -0.651. The fourth-order valence-corrected chi connectivity index (χ4v) is 9.31.